The Balaban J connectivity index is 0.993. The van der Waals surface area contributed by atoms with Crippen molar-refractivity contribution in [3.05, 3.63) is 58.6 Å². The van der Waals surface area contributed by atoms with Gasteiger partial charge in [0.05, 0.1) is 29.3 Å². The summed E-state index contributed by atoms with van der Waals surface area (Å²) in [5, 5.41) is 77.1. The molecule has 0 spiro atoms. The molecule has 4 aromatic rings. The summed E-state index contributed by atoms with van der Waals surface area (Å²) in [5.74, 6) is 1.79. The molecule has 4 aliphatic rings. The smallest absolute Gasteiger partial charge is 0.193 e. The molecule has 0 radical (unpaired) electrons. The molecule has 0 bridgehead atoms. The van der Waals surface area contributed by atoms with E-state index < -0.39 is 12.5 Å². The number of piperazine rings is 1. The molecule has 8 rings (SSSR count). The van der Waals surface area contributed by atoms with Crippen LogP contribution < -0.4 is 43.4 Å². The third-order valence-corrected chi connectivity index (χ3v) is 11.4. The summed E-state index contributed by atoms with van der Waals surface area (Å²) in [7, 11) is 0. The Morgan fingerprint density at radius 1 is 0.644 bits per heavy atom. The van der Waals surface area contributed by atoms with Crippen LogP contribution in [0.1, 0.15) is 97.2 Å². The highest BCUT2D eigenvalue weighted by Crippen LogP contribution is 2.36. The highest BCUT2D eigenvalue weighted by molar-refractivity contribution is 5.63. The number of nitrogen functional groups attached to an aromatic ring is 2. The van der Waals surface area contributed by atoms with Crippen molar-refractivity contribution in [2.24, 2.45) is 26.4 Å². The number of nitrogens with two attached hydrogens (primary N) is 2. The van der Waals surface area contributed by atoms with Gasteiger partial charge in [-0.05, 0) is 58.7 Å². The van der Waals surface area contributed by atoms with Gasteiger partial charge in [0.15, 0.2) is 40.9 Å². The van der Waals surface area contributed by atoms with E-state index in [-0.39, 0.29) is 24.0 Å². The van der Waals surface area contributed by atoms with Crippen LogP contribution in [-0.4, -0.2) is 64.8 Å². The molecule has 22 heteroatoms. The second-order valence-corrected chi connectivity index (χ2v) is 15.3. The van der Waals surface area contributed by atoms with Crippen molar-refractivity contribution < 1.29 is 0 Å². The second kappa shape index (κ2) is 16.7. The summed E-state index contributed by atoms with van der Waals surface area (Å²) in [6.07, 6.45) is 13.2. The number of nitrogens with zero attached hydrogens (tertiary/aromatic N) is 14. The minimum Gasteiger partial charge on any atom is -0.386 e. The van der Waals surface area contributed by atoms with Gasteiger partial charge in [-0.1, -0.05) is 25.7 Å². The lowest BCUT2D eigenvalue weighted by Crippen LogP contribution is -2.54. The Labute approximate surface area is 340 Å². The number of nitrogens with one attached hydrogen (secondary N) is 6. The first-order valence-electron chi connectivity index (χ1n) is 20.0. The Kier molecular flexibility index (Phi) is 11.1. The molecule has 10 N–H and O–H groups in total. The second-order valence-electron chi connectivity index (χ2n) is 15.3. The fraction of sp³-hybridized carbons (Fsp3) is 0.514. The molecular formula is C37H50N22. The topological polar surface area (TPSA) is 293 Å². The molecule has 3 aliphatic heterocycles. The van der Waals surface area contributed by atoms with Crippen molar-refractivity contribution in [1.82, 2.24) is 71.0 Å². The maximum Gasteiger partial charge on any atom is 0.193 e. The molecule has 308 valence electrons. The van der Waals surface area contributed by atoms with Crippen LogP contribution >= 0.6 is 0 Å². The lowest BCUT2D eigenvalue weighted by molar-refractivity contribution is 0.214. The molecule has 22 nitrogen and oxygen atoms in total. The van der Waals surface area contributed by atoms with Gasteiger partial charge >= 0.3 is 0 Å². The zero-order chi connectivity index (χ0) is 41.2. The predicted octanol–water partition coefficient (Wildman–Crippen LogP) is 4.00. The van der Waals surface area contributed by atoms with Crippen molar-refractivity contribution in [3.8, 4) is 12.1 Å². The van der Waals surface area contributed by atoms with E-state index in [4.69, 9.17) is 21.7 Å². The van der Waals surface area contributed by atoms with Crippen LogP contribution in [0.4, 0.5) is 34.6 Å². The number of rotatable bonds is 9. The predicted molar refractivity (Wildman–Crippen MR) is 217 cm³/mol. The van der Waals surface area contributed by atoms with Crippen LogP contribution in [0, 0.1) is 56.3 Å². The minimum absolute atomic E-state index is 0.204. The monoisotopic (exact) mass is 802 g/mol. The van der Waals surface area contributed by atoms with Crippen molar-refractivity contribution in [2.75, 3.05) is 31.1 Å². The van der Waals surface area contributed by atoms with Crippen molar-refractivity contribution in [1.29, 1.82) is 10.5 Å². The molecule has 2 fully saturated rings. The zero-order valence-electron chi connectivity index (χ0n) is 33.6. The highest BCUT2D eigenvalue weighted by Gasteiger charge is 2.32. The van der Waals surface area contributed by atoms with Gasteiger partial charge in [0.2, 0.25) is 0 Å². The van der Waals surface area contributed by atoms with Crippen LogP contribution in [0.5, 0.6) is 0 Å². The lowest BCUT2D eigenvalue weighted by atomic mass is 9.90. The molecule has 59 heavy (non-hydrogen) atoms. The summed E-state index contributed by atoms with van der Waals surface area (Å²) < 4.78 is 6.53. The van der Waals surface area contributed by atoms with E-state index in [1.165, 1.54) is 38.5 Å². The molecule has 0 aromatic carbocycles. The highest BCUT2D eigenvalue weighted by atomic mass is 15.5. The van der Waals surface area contributed by atoms with Gasteiger partial charge in [-0.2, -0.15) is 30.9 Å². The molecule has 0 amide bonds. The molecule has 7 heterocycles. The first kappa shape index (κ1) is 39.2. The van der Waals surface area contributed by atoms with E-state index in [0.717, 1.165) is 6.54 Å². The summed E-state index contributed by atoms with van der Waals surface area (Å²) >= 11 is 0. The maximum absolute atomic E-state index is 10.1. The van der Waals surface area contributed by atoms with Crippen molar-refractivity contribution in [3.63, 3.8) is 0 Å². The molecule has 1 saturated carbocycles. The standard InChI is InChI=1S/C37H50N22/c1-20-25(15-38)35(57(52-20)29-18-42-13-14-43-29)50-48-31-22(3)54-56(33(31)40)28-11-12-44-37(47-28)59-34(41)32(23(4)55-59)49-51-36-26(16-39)21(2)53-58(36)30-19-45-27(17-46-30)24-9-7-5-6-8-10-24/h11-14,24,27-30,37,42-47H,5-10,17-19,40-41H2,1-4H3. The zero-order valence-corrected chi connectivity index (χ0v) is 33.6. The molecular weight excluding hydrogens is 753 g/mol. The third-order valence-electron chi connectivity index (χ3n) is 11.4. The Hall–Kier alpha value is -6.62. The molecule has 1 aliphatic carbocycles. The quantitative estimate of drug-likeness (QED) is 0.0877. The van der Waals surface area contributed by atoms with Gasteiger partial charge in [-0.25, -0.2) is 18.7 Å². The van der Waals surface area contributed by atoms with Crippen LogP contribution in [0.15, 0.2) is 45.1 Å². The van der Waals surface area contributed by atoms with Gasteiger partial charge in [0.25, 0.3) is 0 Å². The average molecular weight is 803 g/mol. The summed E-state index contributed by atoms with van der Waals surface area (Å²) in [4.78, 5) is 0. The number of aryl methyl sites for hydroxylation is 4. The number of azo groups is 2. The van der Waals surface area contributed by atoms with Gasteiger partial charge < -0.3 is 32.7 Å². The van der Waals surface area contributed by atoms with Crippen LogP contribution in [0.3, 0.4) is 0 Å². The van der Waals surface area contributed by atoms with E-state index >= 15 is 0 Å². The maximum atomic E-state index is 10.1. The van der Waals surface area contributed by atoms with E-state index in [1.807, 2.05) is 6.08 Å². The molecule has 5 atom stereocenters. The van der Waals surface area contributed by atoms with E-state index in [0.29, 0.717) is 82.0 Å². The molecule has 1 saturated heterocycles. The average Bonchev–Trinajstić information content (AvgIpc) is 3.85. The van der Waals surface area contributed by atoms with Crippen LogP contribution in [0.25, 0.3) is 0 Å². The molecule has 5 unspecified atom stereocenters. The summed E-state index contributed by atoms with van der Waals surface area (Å²) in [6, 6.07) is 4.86. The molecule has 4 aromatic heterocycles. The number of anilines is 2. The minimum atomic E-state index is -0.635. The Morgan fingerprint density at radius 2 is 1.24 bits per heavy atom. The Bertz CT molecular complexity index is 2370. The SMILES string of the molecule is Cc1nn(C2CNC=CN2)c(N=Nc2c(C)nn(C3C=CNC(n4nc(C)c(N=Nc5c(C#N)c(C)nn5C5CNC(C6CCCCCC6)CN5)c4N)N3)c2N)c1C#N. The normalized spacial score (nSPS) is 23.8. The summed E-state index contributed by atoms with van der Waals surface area (Å²) in [6.45, 7) is 9.11. The first-order valence-corrected chi connectivity index (χ1v) is 20.0. The third kappa shape index (κ3) is 7.60. The lowest BCUT2D eigenvalue weighted by Gasteiger charge is -2.36. The van der Waals surface area contributed by atoms with Crippen molar-refractivity contribution in [2.45, 2.75) is 97.0 Å². The Morgan fingerprint density at radius 3 is 1.81 bits per heavy atom. The summed E-state index contributed by atoms with van der Waals surface area (Å²) in [5.41, 5.74) is 16.9. The number of nitriles is 2. The van der Waals surface area contributed by atoms with E-state index in [2.05, 4.69) is 74.7 Å². The van der Waals surface area contributed by atoms with Crippen molar-refractivity contribution >= 4 is 34.6 Å². The largest absolute Gasteiger partial charge is 0.386 e. The van der Waals surface area contributed by atoms with Crippen LogP contribution in [0.2, 0.25) is 0 Å². The van der Waals surface area contributed by atoms with Gasteiger partial charge in [-0.15, -0.1) is 20.5 Å². The first-order chi connectivity index (χ1) is 28.7. The van der Waals surface area contributed by atoms with Crippen LogP contribution in [-0.2, 0) is 0 Å². The van der Waals surface area contributed by atoms with Gasteiger partial charge in [-0.3, -0.25) is 10.6 Å². The van der Waals surface area contributed by atoms with E-state index in [9.17, 15) is 10.5 Å². The number of hydrogen-bond acceptors (Lipinski definition) is 18. The van der Waals surface area contributed by atoms with E-state index in [1.54, 1.807) is 65.0 Å². The van der Waals surface area contributed by atoms with Gasteiger partial charge in [0.1, 0.15) is 41.8 Å². The number of aromatic nitrogens is 8. The fourth-order valence-electron chi connectivity index (χ4n) is 8.22. The fourth-order valence-corrected chi connectivity index (χ4v) is 8.22. The number of hydrogen-bond donors (Lipinski definition) is 8. The van der Waals surface area contributed by atoms with Gasteiger partial charge in [0, 0.05) is 31.5 Å².